The molecular weight excluding hydrogens is 513 g/mol. The van der Waals surface area contributed by atoms with Crippen LogP contribution < -0.4 is 14.8 Å². The molecule has 0 amide bonds. The molecule has 3 aromatic rings. The number of allylic oxidation sites excluding steroid dienone is 2. The Morgan fingerprint density at radius 1 is 0.946 bits per heavy atom. The number of hydrogen-bond acceptors (Lipinski definition) is 6. The van der Waals surface area contributed by atoms with Gasteiger partial charge < -0.3 is 19.5 Å². The number of dihydropyridines is 1. The fourth-order valence-corrected chi connectivity index (χ4v) is 5.14. The van der Waals surface area contributed by atoms with Gasteiger partial charge in [0.2, 0.25) is 0 Å². The number of halogens is 2. The first kappa shape index (κ1) is 24.9. The van der Waals surface area contributed by atoms with Crippen LogP contribution in [0, 0.1) is 0 Å². The molecule has 3 aromatic carbocycles. The Labute approximate surface area is 224 Å². The number of fused-ring (bicyclic) bond motifs is 2. The van der Waals surface area contributed by atoms with Crippen LogP contribution in [-0.2, 0) is 16.1 Å². The van der Waals surface area contributed by atoms with Gasteiger partial charge in [-0.25, -0.2) is 4.79 Å². The number of rotatable bonds is 6. The standard InChI is InChI=1S/C29H23Cl2NO5/c1-15-24(29(34)36-3)25(26-27(32-15)18-6-4-5-7-19(18)28(26)33)17-9-11-22(23(13-17)35-2)37-14-16-8-10-20(30)21(31)12-16/h4-13,25,32H,14H2,1-3H3/t25-/m0/s1. The van der Waals surface area contributed by atoms with Crippen molar-refractivity contribution in [1.82, 2.24) is 5.32 Å². The van der Waals surface area contributed by atoms with Crippen LogP contribution >= 0.6 is 23.2 Å². The molecule has 1 aliphatic carbocycles. The molecule has 188 valence electrons. The van der Waals surface area contributed by atoms with E-state index in [1.54, 1.807) is 37.3 Å². The van der Waals surface area contributed by atoms with Crippen LogP contribution in [0.2, 0.25) is 10.0 Å². The van der Waals surface area contributed by atoms with E-state index >= 15 is 0 Å². The van der Waals surface area contributed by atoms with Crippen molar-refractivity contribution in [2.24, 2.45) is 0 Å². The Kier molecular flexibility index (Phi) is 6.71. The van der Waals surface area contributed by atoms with Crippen LogP contribution in [0.3, 0.4) is 0 Å². The van der Waals surface area contributed by atoms with Crippen molar-refractivity contribution in [2.75, 3.05) is 14.2 Å². The maximum Gasteiger partial charge on any atom is 0.336 e. The van der Waals surface area contributed by atoms with Crippen molar-refractivity contribution in [1.29, 1.82) is 0 Å². The molecule has 0 aromatic heterocycles. The van der Waals surface area contributed by atoms with Crippen LogP contribution in [0.25, 0.3) is 5.70 Å². The lowest BCUT2D eigenvalue weighted by Gasteiger charge is -2.29. The van der Waals surface area contributed by atoms with E-state index in [0.29, 0.717) is 55.2 Å². The van der Waals surface area contributed by atoms with Crippen molar-refractivity contribution in [3.8, 4) is 11.5 Å². The summed E-state index contributed by atoms with van der Waals surface area (Å²) < 4.78 is 16.8. The molecule has 0 unspecified atom stereocenters. The Morgan fingerprint density at radius 3 is 2.41 bits per heavy atom. The van der Waals surface area contributed by atoms with E-state index in [1.807, 2.05) is 30.3 Å². The Balaban J connectivity index is 1.55. The molecule has 1 aliphatic heterocycles. The van der Waals surface area contributed by atoms with Gasteiger partial charge in [0, 0.05) is 28.3 Å². The number of benzene rings is 3. The van der Waals surface area contributed by atoms with Gasteiger partial charge in [-0.3, -0.25) is 4.79 Å². The molecule has 0 radical (unpaired) electrons. The van der Waals surface area contributed by atoms with E-state index in [0.717, 1.165) is 11.1 Å². The molecule has 1 atom stereocenters. The van der Waals surface area contributed by atoms with Gasteiger partial charge in [-0.1, -0.05) is 59.6 Å². The number of esters is 1. The smallest absolute Gasteiger partial charge is 0.336 e. The van der Waals surface area contributed by atoms with E-state index in [4.69, 9.17) is 37.4 Å². The summed E-state index contributed by atoms with van der Waals surface area (Å²) in [5.74, 6) is -0.327. The monoisotopic (exact) mass is 535 g/mol. The number of ketones is 1. The van der Waals surface area contributed by atoms with Gasteiger partial charge in [-0.15, -0.1) is 0 Å². The van der Waals surface area contributed by atoms with Crippen LogP contribution in [0.1, 0.15) is 39.9 Å². The van der Waals surface area contributed by atoms with Crippen LogP contribution in [0.4, 0.5) is 0 Å². The highest BCUT2D eigenvalue weighted by Crippen LogP contribution is 2.48. The molecule has 0 saturated carbocycles. The molecule has 0 spiro atoms. The average molecular weight is 536 g/mol. The fourth-order valence-electron chi connectivity index (χ4n) is 4.82. The third-order valence-electron chi connectivity index (χ3n) is 6.55. The lowest BCUT2D eigenvalue weighted by Crippen LogP contribution is -2.29. The fraction of sp³-hybridized carbons (Fsp3) is 0.172. The first-order valence-corrected chi connectivity index (χ1v) is 12.3. The van der Waals surface area contributed by atoms with Gasteiger partial charge in [0.05, 0.1) is 35.5 Å². The Morgan fingerprint density at radius 2 is 1.70 bits per heavy atom. The molecular formula is C29H23Cl2NO5. The number of hydrogen-bond donors (Lipinski definition) is 1. The zero-order chi connectivity index (χ0) is 26.3. The van der Waals surface area contributed by atoms with E-state index in [9.17, 15) is 9.59 Å². The Hall–Kier alpha value is -3.74. The number of Topliss-reactive ketones (excluding diaryl/α,β-unsaturated/α-hetero) is 1. The molecule has 5 rings (SSSR count). The quantitative estimate of drug-likeness (QED) is 0.372. The molecule has 0 fully saturated rings. The predicted octanol–water partition coefficient (Wildman–Crippen LogP) is 6.32. The van der Waals surface area contributed by atoms with Crippen LogP contribution in [0.15, 0.2) is 77.5 Å². The minimum Gasteiger partial charge on any atom is -0.493 e. The van der Waals surface area contributed by atoms with Gasteiger partial charge in [0.25, 0.3) is 0 Å². The zero-order valence-electron chi connectivity index (χ0n) is 20.4. The second-order valence-electron chi connectivity index (χ2n) is 8.70. The summed E-state index contributed by atoms with van der Waals surface area (Å²) in [6.07, 6.45) is 0. The molecule has 37 heavy (non-hydrogen) atoms. The molecule has 1 N–H and O–H groups in total. The number of carbonyl (C=O) groups is 2. The predicted molar refractivity (Wildman–Crippen MR) is 142 cm³/mol. The zero-order valence-corrected chi connectivity index (χ0v) is 21.9. The minimum absolute atomic E-state index is 0.129. The highest BCUT2D eigenvalue weighted by molar-refractivity contribution is 6.42. The third kappa shape index (κ3) is 4.37. The lowest BCUT2D eigenvalue weighted by atomic mass is 9.79. The molecule has 0 saturated heterocycles. The number of nitrogens with one attached hydrogen (secondary N) is 1. The second kappa shape index (κ2) is 9.96. The largest absolute Gasteiger partial charge is 0.493 e. The summed E-state index contributed by atoms with van der Waals surface area (Å²) >= 11 is 12.1. The summed E-state index contributed by atoms with van der Waals surface area (Å²) in [7, 11) is 2.87. The van der Waals surface area contributed by atoms with Crippen molar-refractivity contribution in [3.63, 3.8) is 0 Å². The van der Waals surface area contributed by atoms with E-state index in [1.165, 1.54) is 14.2 Å². The van der Waals surface area contributed by atoms with Crippen LogP contribution in [-0.4, -0.2) is 26.0 Å². The molecule has 1 heterocycles. The average Bonchev–Trinajstić information content (AvgIpc) is 3.19. The number of ether oxygens (including phenoxy) is 3. The topological polar surface area (TPSA) is 73.9 Å². The van der Waals surface area contributed by atoms with Gasteiger partial charge in [-0.05, 0) is 42.3 Å². The SMILES string of the molecule is COC(=O)C1=C(C)NC2=C(C(=O)c3ccccc32)[C@H]1c1ccc(OCc2ccc(Cl)c(Cl)c2)c(OC)c1. The maximum absolute atomic E-state index is 13.6. The van der Waals surface area contributed by atoms with E-state index in [2.05, 4.69) is 5.32 Å². The Bertz CT molecular complexity index is 1510. The van der Waals surface area contributed by atoms with Crippen molar-refractivity contribution in [2.45, 2.75) is 19.4 Å². The number of methoxy groups -OCH3 is 2. The van der Waals surface area contributed by atoms with Gasteiger partial charge in [0.1, 0.15) is 6.61 Å². The summed E-state index contributed by atoms with van der Waals surface area (Å²) in [6.45, 7) is 2.05. The van der Waals surface area contributed by atoms with E-state index in [-0.39, 0.29) is 12.4 Å². The second-order valence-corrected chi connectivity index (χ2v) is 9.51. The third-order valence-corrected chi connectivity index (χ3v) is 7.29. The van der Waals surface area contributed by atoms with Crippen molar-refractivity contribution < 1.29 is 23.8 Å². The summed E-state index contributed by atoms with van der Waals surface area (Å²) in [4.78, 5) is 26.5. The van der Waals surface area contributed by atoms with Crippen molar-refractivity contribution >= 4 is 40.7 Å². The summed E-state index contributed by atoms with van der Waals surface area (Å²) in [5, 5.41) is 4.19. The van der Waals surface area contributed by atoms with Gasteiger partial charge in [-0.2, -0.15) is 0 Å². The lowest BCUT2D eigenvalue weighted by molar-refractivity contribution is -0.136. The minimum atomic E-state index is -0.651. The van der Waals surface area contributed by atoms with Crippen LogP contribution in [0.5, 0.6) is 11.5 Å². The van der Waals surface area contributed by atoms with Crippen molar-refractivity contribution in [3.05, 3.63) is 110 Å². The maximum atomic E-state index is 13.6. The van der Waals surface area contributed by atoms with Gasteiger partial charge >= 0.3 is 5.97 Å². The first-order valence-electron chi connectivity index (χ1n) is 11.5. The summed E-state index contributed by atoms with van der Waals surface area (Å²) in [5.41, 5.74) is 5.14. The highest BCUT2D eigenvalue weighted by Gasteiger charge is 2.43. The molecule has 6 nitrogen and oxygen atoms in total. The molecule has 8 heteroatoms. The molecule has 0 bridgehead atoms. The number of carbonyl (C=O) groups excluding carboxylic acids is 2. The molecule has 2 aliphatic rings. The summed E-state index contributed by atoms with van der Waals surface area (Å²) in [6, 6.07) is 18.1. The highest BCUT2D eigenvalue weighted by atomic mass is 35.5. The first-order chi connectivity index (χ1) is 17.8. The van der Waals surface area contributed by atoms with Gasteiger partial charge in [0.15, 0.2) is 17.3 Å². The normalized spacial score (nSPS) is 16.2. The van der Waals surface area contributed by atoms with E-state index < -0.39 is 11.9 Å².